The second-order valence-electron chi connectivity index (χ2n) is 5.56. The van der Waals surface area contributed by atoms with Crippen molar-refractivity contribution in [2.75, 3.05) is 5.32 Å². The number of anilines is 1. The molecule has 0 aliphatic carbocycles. The van der Waals surface area contributed by atoms with Crippen LogP contribution in [0, 0.1) is 6.92 Å². The van der Waals surface area contributed by atoms with Crippen molar-refractivity contribution in [2.45, 2.75) is 20.3 Å². The Labute approximate surface area is 154 Å². The highest BCUT2D eigenvalue weighted by atomic mass is 35.5. The number of carboxylic acid groups (broad SMARTS) is 1. The molecule has 0 saturated heterocycles. The average Bonchev–Trinajstić information content (AvgIpc) is 2.51. The molecule has 0 bridgehead atoms. The fraction of sp³-hybridized carbons (Fsp3) is 0.167. The molecule has 2 rings (SSSR count). The summed E-state index contributed by atoms with van der Waals surface area (Å²) in [4.78, 5) is 33.8. The number of carbonyl (C=O) groups is 3. The highest BCUT2D eigenvalue weighted by Crippen LogP contribution is 2.37. The first-order valence-corrected chi connectivity index (χ1v) is 7.88. The number of amides is 1. The van der Waals surface area contributed by atoms with Gasteiger partial charge in [-0.1, -0.05) is 11.6 Å². The Hall–Kier alpha value is -3.06. The minimum absolute atomic E-state index is 0.0677. The summed E-state index contributed by atoms with van der Waals surface area (Å²) in [6.07, 6.45) is -0.662. The Bertz CT molecular complexity index is 870. The van der Waals surface area contributed by atoms with Gasteiger partial charge < -0.3 is 20.3 Å². The van der Waals surface area contributed by atoms with Crippen molar-refractivity contribution in [3.05, 3.63) is 46.5 Å². The number of halogens is 1. The number of nitrogens with one attached hydrogen (secondary N) is 1. The maximum atomic E-state index is 11.7. The molecule has 2 aromatic carbocycles. The van der Waals surface area contributed by atoms with Gasteiger partial charge in [0.25, 0.3) is 0 Å². The van der Waals surface area contributed by atoms with Crippen LogP contribution < -0.4 is 10.1 Å². The standard InChI is InChI=1S/C18H16ClNO6/c1-9-5-11(20-16(23)8-17(24)25)6-14(19)18(9)26-15-4-3-12(22)7-13(15)10(2)21/h3-7,22H,8H2,1-2H3,(H,20,23)(H,24,25). The zero-order chi connectivity index (χ0) is 19.4. The first-order valence-electron chi connectivity index (χ1n) is 7.51. The fourth-order valence-corrected chi connectivity index (χ4v) is 2.57. The van der Waals surface area contributed by atoms with Crippen LogP contribution >= 0.6 is 11.6 Å². The highest BCUT2D eigenvalue weighted by molar-refractivity contribution is 6.32. The molecule has 0 fully saturated rings. The zero-order valence-corrected chi connectivity index (χ0v) is 14.8. The fourth-order valence-electron chi connectivity index (χ4n) is 2.27. The summed E-state index contributed by atoms with van der Waals surface area (Å²) in [5.74, 6) is -1.78. The van der Waals surface area contributed by atoms with E-state index in [4.69, 9.17) is 21.4 Å². The van der Waals surface area contributed by atoms with Gasteiger partial charge >= 0.3 is 5.97 Å². The SMILES string of the molecule is CC(=O)c1cc(O)ccc1Oc1c(C)cc(NC(=O)CC(=O)O)cc1Cl. The molecule has 8 heteroatoms. The maximum Gasteiger partial charge on any atom is 0.312 e. The van der Waals surface area contributed by atoms with E-state index in [-0.39, 0.29) is 33.6 Å². The Balaban J connectivity index is 2.31. The highest BCUT2D eigenvalue weighted by Gasteiger charge is 2.16. The van der Waals surface area contributed by atoms with Gasteiger partial charge in [-0.3, -0.25) is 14.4 Å². The number of phenols is 1. The molecule has 1 amide bonds. The van der Waals surface area contributed by atoms with Crippen molar-refractivity contribution in [1.29, 1.82) is 0 Å². The summed E-state index contributed by atoms with van der Waals surface area (Å²) in [6.45, 7) is 3.03. The third kappa shape index (κ3) is 4.73. The first-order chi connectivity index (χ1) is 12.2. The molecule has 2 aromatic rings. The summed E-state index contributed by atoms with van der Waals surface area (Å²) in [7, 11) is 0. The van der Waals surface area contributed by atoms with Crippen molar-refractivity contribution in [1.82, 2.24) is 0 Å². The third-order valence-electron chi connectivity index (χ3n) is 3.38. The van der Waals surface area contributed by atoms with Crippen molar-refractivity contribution >= 4 is 34.9 Å². The number of ketones is 1. The largest absolute Gasteiger partial charge is 0.508 e. The number of carbonyl (C=O) groups excluding carboxylic acids is 2. The quantitative estimate of drug-likeness (QED) is 0.521. The van der Waals surface area contributed by atoms with E-state index in [1.54, 1.807) is 13.0 Å². The van der Waals surface area contributed by atoms with Crippen molar-refractivity contribution in [2.24, 2.45) is 0 Å². The number of aliphatic carboxylic acids is 1. The van der Waals surface area contributed by atoms with E-state index in [1.807, 2.05) is 0 Å². The molecule has 0 spiro atoms. The lowest BCUT2D eigenvalue weighted by Gasteiger charge is -2.15. The minimum atomic E-state index is -1.24. The molecule has 3 N–H and O–H groups in total. The summed E-state index contributed by atoms with van der Waals surface area (Å²) in [5.41, 5.74) is 1.08. The average molecular weight is 378 g/mol. The predicted octanol–water partition coefficient (Wildman–Crippen LogP) is 3.76. The smallest absolute Gasteiger partial charge is 0.312 e. The lowest BCUT2D eigenvalue weighted by atomic mass is 10.1. The monoisotopic (exact) mass is 377 g/mol. The molecule has 0 unspecified atom stereocenters. The summed E-state index contributed by atoms with van der Waals surface area (Å²) < 4.78 is 5.74. The van der Waals surface area contributed by atoms with Gasteiger partial charge in [-0.25, -0.2) is 0 Å². The normalized spacial score (nSPS) is 10.3. The number of hydrogen-bond donors (Lipinski definition) is 3. The van der Waals surface area contributed by atoms with Crippen LogP contribution in [0.4, 0.5) is 5.69 Å². The van der Waals surface area contributed by atoms with Crippen LogP contribution in [0.1, 0.15) is 29.3 Å². The molecule has 0 atom stereocenters. The van der Waals surface area contributed by atoms with Gasteiger partial charge in [-0.05, 0) is 49.7 Å². The third-order valence-corrected chi connectivity index (χ3v) is 3.66. The molecule has 26 heavy (non-hydrogen) atoms. The van der Waals surface area contributed by atoms with Gasteiger partial charge in [-0.2, -0.15) is 0 Å². The van der Waals surface area contributed by atoms with E-state index < -0.39 is 18.3 Å². The Morgan fingerprint density at radius 2 is 1.88 bits per heavy atom. The maximum absolute atomic E-state index is 11.7. The molecule has 0 radical (unpaired) electrons. The number of hydrogen-bond acceptors (Lipinski definition) is 5. The molecule has 0 saturated carbocycles. The predicted molar refractivity (Wildman–Crippen MR) is 95.3 cm³/mol. The number of benzene rings is 2. The van der Waals surface area contributed by atoms with Crippen LogP contribution in [0.2, 0.25) is 5.02 Å². The van der Waals surface area contributed by atoms with Crippen LogP contribution in [0.5, 0.6) is 17.2 Å². The summed E-state index contributed by atoms with van der Waals surface area (Å²) in [5, 5.41) is 20.7. The molecular formula is C18H16ClNO6. The first kappa shape index (κ1) is 19.3. The lowest BCUT2D eigenvalue weighted by Crippen LogP contribution is -2.16. The van der Waals surface area contributed by atoms with Crippen molar-refractivity contribution < 1.29 is 29.3 Å². The van der Waals surface area contributed by atoms with E-state index in [0.29, 0.717) is 11.3 Å². The summed E-state index contributed by atoms with van der Waals surface area (Å²) in [6, 6.07) is 7.10. The topological polar surface area (TPSA) is 113 Å². The van der Waals surface area contributed by atoms with Gasteiger partial charge in [0.05, 0.1) is 10.6 Å². The number of carboxylic acids is 1. The molecular weight excluding hydrogens is 362 g/mol. The van der Waals surface area contributed by atoms with Crippen LogP contribution in [0.15, 0.2) is 30.3 Å². The Kier molecular flexibility index (Phi) is 5.84. The molecule has 0 aliphatic heterocycles. The molecule has 136 valence electrons. The van der Waals surface area contributed by atoms with Gasteiger partial charge in [0.1, 0.15) is 23.7 Å². The van der Waals surface area contributed by atoms with E-state index in [2.05, 4.69) is 5.32 Å². The number of Topliss-reactive ketones (excluding diaryl/α,β-unsaturated/α-hetero) is 1. The van der Waals surface area contributed by atoms with E-state index in [0.717, 1.165) is 0 Å². The number of ether oxygens (including phenoxy) is 1. The Morgan fingerprint density at radius 3 is 2.46 bits per heavy atom. The summed E-state index contributed by atoms with van der Waals surface area (Å²) >= 11 is 6.21. The molecule has 0 aliphatic rings. The van der Waals surface area contributed by atoms with Gasteiger partial charge in [0.15, 0.2) is 5.78 Å². The lowest BCUT2D eigenvalue weighted by molar-refractivity contribution is -0.139. The molecule has 7 nitrogen and oxygen atoms in total. The number of aromatic hydroxyl groups is 1. The van der Waals surface area contributed by atoms with Crippen LogP contribution in [-0.4, -0.2) is 27.9 Å². The number of phenolic OH excluding ortho intramolecular Hbond substituents is 1. The van der Waals surface area contributed by atoms with Crippen LogP contribution in [0.25, 0.3) is 0 Å². The van der Waals surface area contributed by atoms with Gasteiger partial charge in [-0.15, -0.1) is 0 Å². The minimum Gasteiger partial charge on any atom is -0.508 e. The van der Waals surface area contributed by atoms with Gasteiger partial charge in [0.2, 0.25) is 5.91 Å². The second-order valence-corrected chi connectivity index (χ2v) is 5.97. The second kappa shape index (κ2) is 7.88. The van der Waals surface area contributed by atoms with Crippen molar-refractivity contribution in [3.8, 4) is 17.2 Å². The van der Waals surface area contributed by atoms with Crippen molar-refractivity contribution in [3.63, 3.8) is 0 Å². The van der Waals surface area contributed by atoms with E-state index in [1.165, 1.54) is 31.2 Å². The van der Waals surface area contributed by atoms with E-state index in [9.17, 15) is 19.5 Å². The van der Waals surface area contributed by atoms with Gasteiger partial charge in [0, 0.05) is 5.69 Å². The Morgan fingerprint density at radius 1 is 1.19 bits per heavy atom. The van der Waals surface area contributed by atoms with E-state index >= 15 is 0 Å². The number of aryl methyl sites for hydroxylation is 1. The zero-order valence-electron chi connectivity index (χ0n) is 14.0. The molecule has 0 heterocycles. The molecule has 0 aromatic heterocycles. The van der Waals surface area contributed by atoms with Crippen LogP contribution in [0.3, 0.4) is 0 Å². The number of rotatable bonds is 6. The van der Waals surface area contributed by atoms with Crippen LogP contribution in [-0.2, 0) is 9.59 Å².